The molecule has 0 amide bonds. The summed E-state index contributed by atoms with van der Waals surface area (Å²) < 4.78 is 0. The largest absolute Gasteiger partial charge is 0.481 e. The molecule has 1 rings (SSSR count). The maximum Gasteiger partial charge on any atom is 0.303 e. The predicted molar refractivity (Wildman–Crippen MR) is 54.8 cm³/mol. The standard InChI is InChI=1S/C10H20N2O2/c13-10(14)4-2-1-3-9-5-7-11-12-8-6-9/h9,11-12H,1-8H2,(H,13,14). The second-order valence-electron chi connectivity index (χ2n) is 3.94. The van der Waals surface area contributed by atoms with Gasteiger partial charge in [0, 0.05) is 19.5 Å². The second-order valence-corrected chi connectivity index (χ2v) is 3.94. The molecule has 0 bridgehead atoms. The molecule has 1 fully saturated rings. The highest BCUT2D eigenvalue weighted by molar-refractivity contribution is 5.66. The topological polar surface area (TPSA) is 61.4 Å². The van der Waals surface area contributed by atoms with E-state index in [1.54, 1.807) is 0 Å². The van der Waals surface area contributed by atoms with Gasteiger partial charge in [0.2, 0.25) is 0 Å². The molecule has 0 atom stereocenters. The van der Waals surface area contributed by atoms with Crippen molar-refractivity contribution in [3.05, 3.63) is 0 Å². The van der Waals surface area contributed by atoms with E-state index < -0.39 is 5.97 Å². The normalized spacial score (nSPS) is 19.1. The Morgan fingerprint density at radius 2 is 1.86 bits per heavy atom. The summed E-state index contributed by atoms with van der Waals surface area (Å²) in [6, 6.07) is 0. The molecule has 0 aromatic heterocycles. The lowest BCUT2D eigenvalue weighted by Crippen LogP contribution is -2.30. The Morgan fingerprint density at radius 1 is 1.21 bits per heavy atom. The van der Waals surface area contributed by atoms with Crippen molar-refractivity contribution in [1.29, 1.82) is 0 Å². The Balaban J connectivity index is 2.01. The lowest BCUT2D eigenvalue weighted by molar-refractivity contribution is -0.137. The van der Waals surface area contributed by atoms with Gasteiger partial charge < -0.3 is 5.11 Å². The fourth-order valence-corrected chi connectivity index (χ4v) is 1.87. The molecule has 4 heteroatoms. The van der Waals surface area contributed by atoms with Gasteiger partial charge in [-0.3, -0.25) is 15.6 Å². The first kappa shape index (κ1) is 11.5. The summed E-state index contributed by atoms with van der Waals surface area (Å²) in [5.41, 5.74) is 6.28. The molecule has 82 valence electrons. The highest BCUT2D eigenvalue weighted by atomic mass is 16.4. The Labute approximate surface area is 85.0 Å². The summed E-state index contributed by atoms with van der Waals surface area (Å²) >= 11 is 0. The summed E-state index contributed by atoms with van der Waals surface area (Å²) in [5, 5.41) is 8.48. The first-order valence-electron chi connectivity index (χ1n) is 5.46. The molecule has 1 aliphatic heterocycles. The lowest BCUT2D eigenvalue weighted by atomic mass is 9.95. The number of unbranched alkanes of at least 4 members (excludes halogenated alkanes) is 1. The zero-order valence-corrected chi connectivity index (χ0v) is 8.59. The fourth-order valence-electron chi connectivity index (χ4n) is 1.87. The summed E-state index contributed by atoms with van der Waals surface area (Å²) in [5.74, 6) is 0.0977. The van der Waals surface area contributed by atoms with Crippen LogP contribution in [-0.4, -0.2) is 24.2 Å². The Morgan fingerprint density at radius 3 is 2.43 bits per heavy atom. The van der Waals surface area contributed by atoms with Crippen LogP contribution in [0.2, 0.25) is 0 Å². The van der Waals surface area contributed by atoms with E-state index in [2.05, 4.69) is 10.9 Å². The number of carboxylic acids is 1. The van der Waals surface area contributed by atoms with Crippen molar-refractivity contribution in [2.45, 2.75) is 38.5 Å². The predicted octanol–water partition coefficient (Wildman–Crippen LogP) is 1.14. The number of carbonyl (C=O) groups is 1. The number of hydrogen-bond acceptors (Lipinski definition) is 3. The average Bonchev–Trinajstić information content (AvgIpc) is 2.40. The van der Waals surface area contributed by atoms with Gasteiger partial charge in [-0.25, -0.2) is 0 Å². The molecule has 14 heavy (non-hydrogen) atoms. The number of carboxylic acid groups (broad SMARTS) is 1. The zero-order chi connectivity index (χ0) is 10.2. The third-order valence-corrected chi connectivity index (χ3v) is 2.73. The van der Waals surface area contributed by atoms with E-state index in [1.165, 1.54) is 19.3 Å². The Bertz CT molecular complexity index is 166. The maximum atomic E-state index is 10.3. The first-order chi connectivity index (χ1) is 6.79. The van der Waals surface area contributed by atoms with Crippen molar-refractivity contribution >= 4 is 5.97 Å². The van der Waals surface area contributed by atoms with Gasteiger partial charge in [0.15, 0.2) is 0 Å². The molecule has 1 saturated heterocycles. The zero-order valence-electron chi connectivity index (χ0n) is 8.59. The van der Waals surface area contributed by atoms with Crippen molar-refractivity contribution in [3.8, 4) is 0 Å². The van der Waals surface area contributed by atoms with Gasteiger partial charge in [-0.05, 0) is 25.2 Å². The van der Waals surface area contributed by atoms with Crippen molar-refractivity contribution in [2.24, 2.45) is 5.92 Å². The van der Waals surface area contributed by atoms with Gasteiger partial charge in [0.05, 0.1) is 0 Å². The Hall–Kier alpha value is -0.610. The van der Waals surface area contributed by atoms with Gasteiger partial charge in [0.1, 0.15) is 0 Å². The van der Waals surface area contributed by atoms with Crippen molar-refractivity contribution in [3.63, 3.8) is 0 Å². The molecule has 0 saturated carbocycles. The van der Waals surface area contributed by atoms with Crippen LogP contribution < -0.4 is 10.9 Å². The van der Waals surface area contributed by atoms with E-state index >= 15 is 0 Å². The third-order valence-electron chi connectivity index (χ3n) is 2.73. The van der Waals surface area contributed by atoms with Crippen LogP contribution in [-0.2, 0) is 4.79 Å². The smallest absolute Gasteiger partial charge is 0.303 e. The highest BCUT2D eigenvalue weighted by Gasteiger charge is 2.11. The van der Waals surface area contributed by atoms with Crippen molar-refractivity contribution < 1.29 is 9.90 Å². The summed E-state index contributed by atoms with van der Waals surface area (Å²) in [7, 11) is 0. The monoisotopic (exact) mass is 200 g/mol. The van der Waals surface area contributed by atoms with Crippen LogP contribution in [0.25, 0.3) is 0 Å². The highest BCUT2D eigenvalue weighted by Crippen LogP contribution is 2.17. The molecule has 1 heterocycles. The average molecular weight is 200 g/mol. The molecule has 0 unspecified atom stereocenters. The minimum absolute atomic E-state index is 0.323. The van der Waals surface area contributed by atoms with Crippen LogP contribution in [0.3, 0.4) is 0 Å². The van der Waals surface area contributed by atoms with E-state index in [0.717, 1.165) is 31.8 Å². The van der Waals surface area contributed by atoms with Crippen LogP contribution in [0.5, 0.6) is 0 Å². The number of rotatable bonds is 5. The quantitative estimate of drug-likeness (QED) is 0.582. The van der Waals surface area contributed by atoms with E-state index in [0.29, 0.717) is 6.42 Å². The van der Waals surface area contributed by atoms with E-state index in [4.69, 9.17) is 5.11 Å². The molecule has 3 N–H and O–H groups in total. The van der Waals surface area contributed by atoms with Crippen LogP contribution in [0.1, 0.15) is 38.5 Å². The SMILES string of the molecule is O=C(O)CCCCC1CCNNCC1. The Kier molecular flexibility index (Phi) is 5.56. The minimum Gasteiger partial charge on any atom is -0.481 e. The summed E-state index contributed by atoms with van der Waals surface area (Å²) in [4.78, 5) is 10.3. The molecule has 0 aromatic rings. The van der Waals surface area contributed by atoms with Gasteiger partial charge in [-0.1, -0.05) is 12.8 Å². The molecule has 0 radical (unpaired) electrons. The van der Waals surface area contributed by atoms with Crippen LogP contribution >= 0.6 is 0 Å². The van der Waals surface area contributed by atoms with Gasteiger partial charge in [-0.2, -0.15) is 0 Å². The molecule has 4 nitrogen and oxygen atoms in total. The number of hydrazine groups is 1. The summed E-state index contributed by atoms with van der Waals surface area (Å²) in [6.45, 7) is 2.06. The first-order valence-corrected chi connectivity index (χ1v) is 5.46. The third kappa shape index (κ3) is 5.19. The number of aliphatic carboxylic acids is 1. The van der Waals surface area contributed by atoms with Crippen molar-refractivity contribution in [2.75, 3.05) is 13.1 Å². The minimum atomic E-state index is -0.672. The van der Waals surface area contributed by atoms with Crippen LogP contribution in [0.4, 0.5) is 0 Å². The fraction of sp³-hybridized carbons (Fsp3) is 0.900. The summed E-state index contributed by atoms with van der Waals surface area (Å²) in [6.07, 6.45) is 5.80. The number of hydrogen-bond donors (Lipinski definition) is 3. The molecular formula is C10H20N2O2. The molecule has 0 aliphatic carbocycles. The molecular weight excluding hydrogens is 180 g/mol. The maximum absolute atomic E-state index is 10.3. The van der Waals surface area contributed by atoms with Gasteiger partial charge in [0.25, 0.3) is 0 Å². The van der Waals surface area contributed by atoms with Gasteiger partial charge >= 0.3 is 5.97 Å². The number of nitrogens with one attached hydrogen (secondary N) is 2. The van der Waals surface area contributed by atoms with Gasteiger partial charge in [-0.15, -0.1) is 0 Å². The van der Waals surface area contributed by atoms with E-state index in [-0.39, 0.29) is 0 Å². The van der Waals surface area contributed by atoms with Crippen LogP contribution in [0, 0.1) is 5.92 Å². The molecule has 0 aromatic carbocycles. The second kappa shape index (κ2) is 6.79. The molecule has 0 spiro atoms. The van der Waals surface area contributed by atoms with E-state index in [1.807, 2.05) is 0 Å². The van der Waals surface area contributed by atoms with E-state index in [9.17, 15) is 4.79 Å². The van der Waals surface area contributed by atoms with Crippen LogP contribution in [0.15, 0.2) is 0 Å². The lowest BCUT2D eigenvalue weighted by Gasteiger charge is -2.11. The molecule has 1 aliphatic rings. The van der Waals surface area contributed by atoms with Crippen molar-refractivity contribution in [1.82, 2.24) is 10.9 Å².